The second-order valence-electron chi connectivity index (χ2n) is 3.51. The van der Waals surface area contributed by atoms with E-state index in [-0.39, 0.29) is 0 Å². The molecule has 0 fully saturated rings. The summed E-state index contributed by atoms with van der Waals surface area (Å²) in [5.74, 6) is 0.566. The number of hydrogen-bond donors (Lipinski definition) is 0. The van der Waals surface area contributed by atoms with Gasteiger partial charge in [0.05, 0.1) is 0 Å². The quantitative estimate of drug-likeness (QED) is 0.723. The molecule has 0 amide bonds. The first-order valence-corrected chi connectivity index (χ1v) is 5.51. The van der Waals surface area contributed by atoms with Gasteiger partial charge in [0.1, 0.15) is 5.01 Å². The summed E-state index contributed by atoms with van der Waals surface area (Å²) in [5.41, 5.74) is 1.18. The fourth-order valence-electron chi connectivity index (χ4n) is 1.22. The predicted molar refractivity (Wildman–Crippen MR) is 60.5 cm³/mol. The monoisotopic (exact) mass is 202 g/mol. The molecule has 0 aliphatic heterocycles. The number of hydrogen-bond acceptors (Lipinski definition) is 2. The third kappa shape index (κ3) is 1.85. The van der Waals surface area contributed by atoms with Crippen molar-refractivity contribution in [3.05, 3.63) is 41.4 Å². The zero-order valence-electron chi connectivity index (χ0n) is 8.32. The molecule has 2 aromatic rings. The van der Waals surface area contributed by atoms with Crippen LogP contribution in [0.15, 0.2) is 30.5 Å². The second kappa shape index (κ2) is 3.93. The lowest BCUT2D eigenvalue weighted by atomic mass is 10.2. The zero-order chi connectivity index (χ0) is 9.97. The SMILES string of the molecule is CC(C)c1cnc(-c2cc[c]cc2)s1. The summed E-state index contributed by atoms with van der Waals surface area (Å²) >= 11 is 1.77. The van der Waals surface area contributed by atoms with E-state index in [1.165, 1.54) is 10.4 Å². The van der Waals surface area contributed by atoms with Crippen molar-refractivity contribution in [2.24, 2.45) is 0 Å². The molecule has 0 unspecified atom stereocenters. The third-order valence-corrected chi connectivity index (χ3v) is 3.40. The molecule has 0 saturated carbocycles. The highest BCUT2D eigenvalue weighted by atomic mass is 32.1. The maximum Gasteiger partial charge on any atom is 0.123 e. The molecule has 71 valence electrons. The van der Waals surface area contributed by atoms with Gasteiger partial charge < -0.3 is 0 Å². The summed E-state index contributed by atoms with van der Waals surface area (Å²) in [5, 5.41) is 1.10. The Kier molecular flexibility index (Phi) is 2.64. The standard InChI is InChI=1S/C12H12NS/c1-9(2)11-8-13-12(14-11)10-6-4-3-5-7-10/h4-9H,1-2H3. The molecule has 0 aliphatic carbocycles. The van der Waals surface area contributed by atoms with Gasteiger partial charge in [-0.3, -0.25) is 0 Å². The molecule has 2 heteroatoms. The van der Waals surface area contributed by atoms with Crippen LogP contribution in [-0.2, 0) is 0 Å². The molecule has 0 bridgehead atoms. The molecule has 1 aromatic heterocycles. The number of benzene rings is 1. The fraction of sp³-hybridized carbons (Fsp3) is 0.250. The Morgan fingerprint density at radius 1 is 1.29 bits per heavy atom. The molecule has 1 nitrogen and oxygen atoms in total. The molecule has 0 aliphatic rings. The van der Waals surface area contributed by atoms with Crippen molar-refractivity contribution in [2.45, 2.75) is 19.8 Å². The minimum absolute atomic E-state index is 0.566. The third-order valence-electron chi connectivity index (χ3n) is 2.06. The van der Waals surface area contributed by atoms with Gasteiger partial charge in [0, 0.05) is 16.6 Å². The van der Waals surface area contributed by atoms with Gasteiger partial charge in [-0.2, -0.15) is 0 Å². The molecule has 14 heavy (non-hydrogen) atoms. The molecular weight excluding hydrogens is 190 g/mol. The molecule has 1 aromatic carbocycles. The van der Waals surface area contributed by atoms with E-state index in [1.807, 2.05) is 30.5 Å². The van der Waals surface area contributed by atoms with E-state index in [1.54, 1.807) is 11.3 Å². The van der Waals surface area contributed by atoms with E-state index in [0.717, 1.165) is 5.01 Å². The van der Waals surface area contributed by atoms with Crippen molar-refractivity contribution in [3.8, 4) is 10.6 Å². The minimum atomic E-state index is 0.566. The van der Waals surface area contributed by atoms with Crippen LogP contribution in [0.25, 0.3) is 10.6 Å². The van der Waals surface area contributed by atoms with Crippen LogP contribution in [0.5, 0.6) is 0 Å². The van der Waals surface area contributed by atoms with Crippen LogP contribution in [0.4, 0.5) is 0 Å². The maximum absolute atomic E-state index is 4.41. The Morgan fingerprint density at radius 3 is 2.57 bits per heavy atom. The summed E-state index contributed by atoms with van der Waals surface area (Å²) in [6.07, 6.45) is 1.97. The van der Waals surface area contributed by atoms with Crippen molar-refractivity contribution in [1.29, 1.82) is 0 Å². The predicted octanol–water partition coefficient (Wildman–Crippen LogP) is 3.73. The van der Waals surface area contributed by atoms with Crippen molar-refractivity contribution >= 4 is 11.3 Å². The van der Waals surface area contributed by atoms with Gasteiger partial charge in [0.2, 0.25) is 0 Å². The lowest BCUT2D eigenvalue weighted by Crippen LogP contribution is -1.77. The second-order valence-corrected chi connectivity index (χ2v) is 4.57. The van der Waals surface area contributed by atoms with E-state index in [2.05, 4.69) is 24.9 Å². The first kappa shape index (κ1) is 9.41. The van der Waals surface area contributed by atoms with Crippen LogP contribution in [0.2, 0.25) is 0 Å². The topological polar surface area (TPSA) is 12.9 Å². The summed E-state index contributed by atoms with van der Waals surface area (Å²) in [6.45, 7) is 4.38. The molecule has 0 atom stereocenters. The Hall–Kier alpha value is -1.15. The van der Waals surface area contributed by atoms with E-state index in [0.29, 0.717) is 5.92 Å². The zero-order valence-corrected chi connectivity index (χ0v) is 9.14. The molecule has 0 saturated heterocycles. The van der Waals surface area contributed by atoms with Crippen molar-refractivity contribution in [2.75, 3.05) is 0 Å². The summed E-state index contributed by atoms with van der Waals surface area (Å²) < 4.78 is 0. The van der Waals surface area contributed by atoms with Crippen molar-refractivity contribution in [1.82, 2.24) is 4.98 Å². The molecule has 1 heterocycles. The normalized spacial score (nSPS) is 10.8. The average molecular weight is 202 g/mol. The van der Waals surface area contributed by atoms with Crippen LogP contribution < -0.4 is 0 Å². The molecular formula is C12H12NS. The first-order valence-electron chi connectivity index (χ1n) is 4.69. The van der Waals surface area contributed by atoms with Gasteiger partial charge in [-0.05, 0) is 12.0 Å². The van der Waals surface area contributed by atoms with Crippen LogP contribution in [0, 0.1) is 6.07 Å². The Morgan fingerprint density at radius 2 is 2.00 bits per heavy atom. The van der Waals surface area contributed by atoms with Gasteiger partial charge in [0.25, 0.3) is 0 Å². The Balaban J connectivity index is 2.34. The highest BCUT2D eigenvalue weighted by Crippen LogP contribution is 2.28. The number of aromatic nitrogens is 1. The maximum atomic E-state index is 4.41. The van der Waals surface area contributed by atoms with Crippen LogP contribution >= 0.6 is 11.3 Å². The first-order chi connectivity index (χ1) is 6.77. The van der Waals surface area contributed by atoms with Crippen molar-refractivity contribution < 1.29 is 0 Å². The minimum Gasteiger partial charge on any atom is -0.244 e. The van der Waals surface area contributed by atoms with Crippen LogP contribution in [0.3, 0.4) is 0 Å². The van der Waals surface area contributed by atoms with Gasteiger partial charge in [0.15, 0.2) is 0 Å². The van der Waals surface area contributed by atoms with Crippen LogP contribution in [-0.4, -0.2) is 4.98 Å². The number of rotatable bonds is 2. The van der Waals surface area contributed by atoms with E-state index in [9.17, 15) is 0 Å². The summed E-state index contributed by atoms with van der Waals surface area (Å²) in [4.78, 5) is 5.75. The lowest BCUT2D eigenvalue weighted by molar-refractivity contribution is 0.885. The fourth-order valence-corrected chi connectivity index (χ4v) is 2.14. The average Bonchev–Trinajstić information content (AvgIpc) is 2.68. The smallest absolute Gasteiger partial charge is 0.123 e. The van der Waals surface area contributed by atoms with Crippen LogP contribution in [0.1, 0.15) is 24.6 Å². The Labute approximate surface area is 88.4 Å². The number of thiazole rings is 1. The number of nitrogens with zero attached hydrogens (tertiary/aromatic N) is 1. The highest BCUT2D eigenvalue weighted by Gasteiger charge is 2.06. The highest BCUT2D eigenvalue weighted by molar-refractivity contribution is 7.15. The molecule has 1 radical (unpaired) electrons. The molecule has 2 rings (SSSR count). The summed E-state index contributed by atoms with van der Waals surface area (Å²) in [6, 6.07) is 10.9. The summed E-state index contributed by atoms with van der Waals surface area (Å²) in [7, 11) is 0. The van der Waals surface area contributed by atoms with Gasteiger partial charge >= 0.3 is 0 Å². The lowest BCUT2D eigenvalue weighted by Gasteiger charge is -1.96. The van der Waals surface area contributed by atoms with Crippen molar-refractivity contribution in [3.63, 3.8) is 0 Å². The molecule has 0 spiro atoms. The van der Waals surface area contributed by atoms with Gasteiger partial charge in [-0.15, -0.1) is 11.3 Å². The van der Waals surface area contributed by atoms with E-state index >= 15 is 0 Å². The largest absolute Gasteiger partial charge is 0.244 e. The Bertz CT molecular complexity index is 403. The molecule has 0 N–H and O–H groups in total. The van der Waals surface area contributed by atoms with E-state index in [4.69, 9.17) is 0 Å². The van der Waals surface area contributed by atoms with Gasteiger partial charge in [-0.25, -0.2) is 4.98 Å². The van der Waals surface area contributed by atoms with E-state index < -0.39 is 0 Å². The van der Waals surface area contributed by atoms with Gasteiger partial charge in [-0.1, -0.05) is 38.1 Å².